The molecule has 4 rings (SSSR count). The summed E-state index contributed by atoms with van der Waals surface area (Å²) in [6, 6.07) is 8.41. The number of benzene rings is 1. The molecule has 9 heteroatoms. The molecule has 1 aliphatic heterocycles. The Morgan fingerprint density at radius 3 is 2.64 bits per heavy atom. The van der Waals surface area contributed by atoms with Gasteiger partial charge in [0.15, 0.2) is 4.80 Å². The van der Waals surface area contributed by atoms with Crippen LogP contribution in [0.15, 0.2) is 56.8 Å². The van der Waals surface area contributed by atoms with Gasteiger partial charge in [-0.15, -0.1) is 11.3 Å². The fourth-order valence-corrected chi connectivity index (χ4v) is 5.48. The molecule has 0 radical (unpaired) electrons. The molecule has 0 N–H and O–H groups in total. The van der Waals surface area contributed by atoms with Crippen molar-refractivity contribution in [2.45, 2.75) is 32.9 Å². The molecule has 0 aliphatic carbocycles. The molecule has 7 nitrogen and oxygen atoms in total. The molecular weight excluding hydrogens is 460 g/mol. The second kappa shape index (κ2) is 9.36. The van der Waals surface area contributed by atoms with Crippen LogP contribution in [0.4, 0.5) is 0 Å². The molecule has 1 aliphatic rings. The quantitative estimate of drug-likeness (QED) is 0.502. The Morgan fingerprint density at radius 1 is 1.21 bits per heavy atom. The Labute approximate surface area is 198 Å². The average Bonchev–Trinajstić information content (AvgIpc) is 3.40. The third-order valence-electron chi connectivity index (χ3n) is 5.13. The zero-order valence-electron chi connectivity index (χ0n) is 18.9. The first-order valence-electron chi connectivity index (χ1n) is 10.3. The Bertz CT molecular complexity index is 1400. The van der Waals surface area contributed by atoms with Gasteiger partial charge >= 0.3 is 5.97 Å². The first kappa shape index (κ1) is 23.0. The number of hydrogen-bond acceptors (Lipinski definition) is 8. The van der Waals surface area contributed by atoms with E-state index in [2.05, 4.69) is 4.99 Å². The molecule has 0 fully saturated rings. The summed E-state index contributed by atoms with van der Waals surface area (Å²) in [5, 5.41) is 1.96. The number of ether oxygens (including phenoxy) is 3. The molecule has 1 aromatic carbocycles. The number of esters is 1. The van der Waals surface area contributed by atoms with Gasteiger partial charge in [0.1, 0.15) is 17.5 Å². The summed E-state index contributed by atoms with van der Waals surface area (Å²) >= 11 is 2.83. The number of rotatable bonds is 6. The Hall–Kier alpha value is -3.17. The van der Waals surface area contributed by atoms with Gasteiger partial charge in [-0.1, -0.05) is 17.4 Å². The lowest BCUT2D eigenvalue weighted by Gasteiger charge is -2.26. The number of fused-ring (bicyclic) bond motifs is 1. The minimum Gasteiger partial charge on any atom is -0.497 e. The van der Waals surface area contributed by atoms with Crippen LogP contribution in [-0.4, -0.2) is 30.9 Å². The average molecular weight is 485 g/mol. The van der Waals surface area contributed by atoms with Gasteiger partial charge in [-0.3, -0.25) is 9.36 Å². The van der Waals surface area contributed by atoms with Crippen molar-refractivity contribution in [1.82, 2.24) is 4.57 Å². The number of allylic oxidation sites excluding steroid dienone is 1. The molecule has 0 bridgehead atoms. The van der Waals surface area contributed by atoms with E-state index in [1.54, 1.807) is 69.1 Å². The van der Waals surface area contributed by atoms with Gasteiger partial charge in [-0.25, -0.2) is 9.79 Å². The van der Waals surface area contributed by atoms with E-state index in [0.717, 1.165) is 4.88 Å². The molecule has 0 unspecified atom stereocenters. The van der Waals surface area contributed by atoms with E-state index >= 15 is 0 Å². The largest absolute Gasteiger partial charge is 0.497 e. The minimum absolute atomic E-state index is 0.232. The smallest absolute Gasteiger partial charge is 0.338 e. The molecule has 3 heterocycles. The van der Waals surface area contributed by atoms with E-state index in [1.165, 1.54) is 11.3 Å². The summed E-state index contributed by atoms with van der Waals surface area (Å²) in [5.41, 5.74) is 1.18. The Kier molecular flexibility index (Phi) is 6.53. The van der Waals surface area contributed by atoms with Crippen LogP contribution in [0.25, 0.3) is 6.08 Å². The van der Waals surface area contributed by atoms with Crippen LogP contribution in [0.3, 0.4) is 0 Å². The minimum atomic E-state index is -0.775. The predicted octanol–water partition coefficient (Wildman–Crippen LogP) is 3.27. The normalized spacial score (nSPS) is 15.9. The van der Waals surface area contributed by atoms with Crippen molar-refractivity contribution in [2.75, 3.05) is 14.2 Å². The summed E-state index contributed by atoms with van der Waals surface area (Å²) < 4.78 is 18.7. The van der Waals surface area contributed by atoms with Crippen LogP contribution in [-0.2, 0) is 9.53 Å². The van der Waals surface area contributed by atoms with Gasteiger partial charge in [-0.05, 0) is 56.5 Å². The first-order chi connectivity index (χ1) is 15.8. The highest BCUT2D eigenvalue weighted by Gasteiger charge is 2.35. The third-order valence-corrected chi connectivity index (χ3v) is 6.93. The Morgan fingerprint density at radius 2 is 2.00 bits per heavy atom. The number of carbonyl (C=O) groups is 1. The van der Waals surface area contributed by atoms with E-state index in [-0.39, 0.29) is 11.7 Å². The van der Waals surface area contributed by atoms with Crippen LogP contribution in [0.1, 0.15) is 37.3 Å². The molecule has 3 aromatic rings. The number of nitrogens with zero attached hydrogens (tertiary/aromatic N) is 2. The van der Waals surface area contributed by atoms with E-state index < -0.39 is 12.0 Å². The number of aromatic nitrogens is 1. The van der Waals surface area contributed by atoms with Crippen LogP contribution < -0.4 is 24.4 Å². The molecule has 0 spiro atoms. The second-order valence-electron chi connectivity index (χ2n) is 7.66. The lowest BCUT2D eigenvalue weighted by atomic mass is 9.94. The molecule has 172 valence electrons. The first-order valence-corrected chi connectivity index (χ1v) is 12.0. The summed E-state index contributed by atoms with van der Waals surface area (Å²) in [5.74, 6) is 0.588. The van der Waals surface area contributed by atoms with E-state index in [1.807, 2.05) is 23.6 Å². The van der Waals surface area contributed by atoms with Crippen LogP contribution in [0.5, 0.6) is 11.5 Å². The van der Waals surface area contributed by atoms with Crippen molar-refractivity contribution >= 4 is 34.7 Å². The highest BCUT2D eigenvalue weighted by Crippen LogP contribution is 2.38. The van der Waals surface area contributed by atoms with E-state index in [4.69, 9.17) is 14.2 Å². The SMILES string of the molecule is COc1ccc(OC)c([C@H]2C(C(=O)OC(C)C)=C(C)N=c3s/c(=C\c4cccs4)c(=O)n32)c1. The van der Waals surface area contributed by atoms with Crippen molar-refractivity contribution in [2.24, 2.45) is 4.99 Å². The van der Waals surface area contributed by atoms with Gasteiger partial charge in [0, 0.05) is 10.4 Å². The van der Waals surface area contributed by atoms with Gasteiger partial charge in [0.25, 0.3) is 5.56 Å². The number of thiazole rings is 1. The van der Waals surface area contributed by atoms with Crippen LogP contribution in [0.2, 0.25) is 0 Å². The molecule has 2 aromatic heterocycles. The second-order valence-corrected chi connectivity index (χ2v) is 9.65. The zero-order valence-corrected chi connectivity index (χ0v) is 20.6. The van der Waals surface area contributed by atoms with Gasteiger partial charge in [-0.2, -0.15) is 0 Å². The summed E-state index contributed by atoms with van der Waals surface area (Å²) in [6.45, 7) is 5.32. The zero-order chi connectivity index (χ0) is 23.7. The standard InChI is InChI=1S/C24H24N2O5S2/c1-13(2)31-23(28)20-14(3)25-24-26(22(27)19(33-24)12-16-7-6-10-32-16)21(20)17-11-15(29-4)8-9-18(17)30-5/h6-13,21H,1-5H3/b19-12-/t21-/m0/s1. The molecule has 33 heavy (non-hydrogen) atoms. The fraction of sp³-hybridized carbons (Fsp3) is 0.292. The molecule has 0 saturated carbocycles. The van der Waals surface area contributed by atoms with Crippen LogP contribution in [0, 0.1) is 0 Å². The van der Waals surface area contributed by atoms with Crippen molar-refractivity contribution in [3.05, 3.63) is 77.1 Å². The Balaban J connectivity index is 2.02. The molecule has 0 amide bonds. The maximum absolute atomic E-state index is 13.6. The van der Waals surface area contributed by atoms with Crippen molar-refractivity contribution < 1.29 is 19.0 Å². The maximum Gasteiger partial charge on any atom is 0.338 e. The summed E-state index contributed by atoms with van der Waals surface area (Å²) in [7, 11) is 3.11. The predicted molar refractivity (Wildman–Crippen MR) is 129 cm³/mol. The van der Waals surface area contributed by atoms with E-state index in [9.17, 15) is 9.59 Å². The van der Waals surface area contributed by atoms with E-state index in [0.29, 0.717) is 37.7 Å². The highest BCUT2D eigenvalue weighted by atomic mass is 32.1. The van der Waals surface area contributed by atoms with Gasteiger partial charge in [0.05, 0.1) is 36.1 Å². The number of hydrogen-bond donors (Lipinski definition) is 0. The lowest BCUT2D eigenvalue weighted by molar-refractivity contribution is -0.143. The van der Waals surface area contributed by atoms with Crippen molar-refractivity contribution in [3.8, 4) is 11.5 Å². The molecular formula is C24H24N2O5S2. The maximum atomic E-state index is 13.6. The topological polar surface area (TPSA) is 79.1 Å². The number of carbonyl (C=O) groups excluding carboxylic acids is 1. The van der Waals surface area contributed by atoms with Crippen molar-refractivity contribution in [1.29, 1.82) is 0 Å². The van der Waals surface area contributed by atoms with Gasteiger partial charge in [0.2, 0.25) is 0 Å². The fourth-order valence-electron chi connectivity index (χ4n) is 3.71. The third kappa shape index (κ3) is 4.38. The molecule has 1 atom stereocenters. The molecule has 0 saturated heterocycles. The monoisotopic (exact) mass is 484 g/mol. The van der Waals surface area contributed by atoms with Crippen molar-refractivity contribution in [3.63, 3.8) is 0 Å². The summed E-state index contributed by atoms with van der Waals surface area (Å²) in [6.07, 6.45) is 1.52. The highest BCUT2D eigenvalue weighted by molar-refractivity contribution is 7.11. The number of thiophene rings is 1. The summed E-state index contributed by atoms with van der Waals surface area (Å²) in [4.78, 5) is 32.9. The van der Waals surface area contributed by atoms with Crippen LogP contribution >= 0.6 is 22.7 Å². The lowest BCUT2D eigenvalue weighted by Crippen LogP contribution is -2.40. The number of methoxy groups -OCH3 is 2. The van der Waals surface area contributed by atoms with Gasteiger partial charge < -0.3 is 14.2 Å².